The molecular formula is C23H24FN3O3. The molecule has 0 radical (unpaired) electrons. The van der Waals surface area contributed by atoms with Crippen LogP contribution in [0, 0.1) is 5.82 Å². The van der Waals surface area contributed by atoms with Gasteiger partial charge in [0.25, 0.3) is 0 Å². The van der Waals surface area contributed by atoms with E-state index in [1.807, 2.05) is 36.0 Å². The Labute approximate surface area is 174 Å². The van der Waals surface area contributed by atoms with Crippen LogP contribution in [-0.2, 0) is 29.2 Å². The van der Waals surface area contributed by atoms with Gasteiger partial charge in [0.1, 0.15) is 11.6 Å². The number of rotatable bonds is 7. The molecule has 156 valence electrons. The third-order valence-corrected chi connectivity index (χ3v) is 5.00. The second-order valence-electron chi connectivity index (χ2n) is 7.32. The van der Waals surface area contributed by atoms with Gasteiger partial charge in [0.15, 0.2) is 6.61 Å². The van der Waals surface area contributed by atoms with E-state index in [4.69, 9.17) is 14.6 Å². The fraction of sp³-hybridized carbons (Fsp3) is 0.304. The van der Waals surface area contributed by atoms with Gasteiger partial charge in [-0.3, -0.25) is 9.58 Å². The minimum absolute atomic E-state index is 0.139. The standard InChI is InChI=1S/C23H24FN3O3/c1-3-29-22(28)15-30-17-8-6-7-16(11-17)12-27-23(18-9-4-5-10-20(18)24)19-13-26(2)14-21(19)25-27/h4-11H,3,12-15H2,1-2H3. The molecule has 0 bridgehead atoms. The minimum atomic E-state index is -0.405. The molecule has 2 aromatic carbocycles. The van der Waals surface area contributed by atoms with Crippen LogP contribution >= 0.6 is 0 Å². The van der Waals surface area contributed by atoms with Gasteiger partial charge < -0.3 is 9.47 Å². The number of aromatic nitrogens is 2. The summed E-state index contributed by atoms with van der Waals surface area (Å²) < 4.78 is 26.9. The molecule has 0 saturated heterocycles. The highest BCUT2D eigenvalue weighted by Crippen LogP contribution is 2.34. The molecule has 0 fully saturated rings. The van der Waals surface area contributed by atoms with E-state index in [9.17, 15) is 9.18 Å². The molecular weight excluding hydrogens is 385 g/mol. The Kier molecular flexibility index (Phi) is 5.81. The van der Waals surface area contributed by atoms with E-state index in [1.54, 1.807) is 25.1 Å². The van der Waals surface area contributed by atoms with Crippen molar-refractivity contribution in [1.29, 1.82) is 0 Å². The molecule has 2 heterocycles. The number of benzene rings is 2. The molecule has 0 saturated carbocycles. The quantitative estimate of drug-likeness (QED) is 0.558. The molecule has 4 rings (SSSR count). The summed E-state index contributed by atoms with van der Waals surface area (Å²) in [7, 11) is 2.03. The Morgan fingerprint density at radius 1 is 1.17 bits per heavy atom. The highest BCUT2D eigenvalue weighted by atomic mass is 19.1. The van der Waals surface area contributed by atoms with Crippen molar-refractivity contribution in [2.24, 2.45) is 0 Å². The number of hydrogen-bond donors (Lipinski definition) is 0. The largest absolute Gasteiger partial charge is 0.482 e. The second kappa shape index (κ2) is 8.67. The Balaban J connectivity index is 1.62. The first-order valence-corrected chi connectivity index (χ1v) is 9.94. The van der Waals surface area contributed by atoms with Gasteiger partial charge in [0.05, 0.1) is 24.5 Å². The Morgan fingerprint density at radius 3 is 2.80 bits per heavy atom. The molecule has 0 aliphatic carbocycles. The fourth-order valence-electron chi connectivity index (χ4n) is 3.74. The van der Waals surface area contributed by atoms with Crippen molar-refractivity contribution in [1.82, 2.24) is 14.7 Å². The van der Waals surface area contributed by atoms with Gasteiger partial charge in [-0.1, -0.05) is 24.3 Å². The first-order chi connectivity index (χ1) is 14.5. The Hall–Kier alpha value is -3.19. The van der Waals surface area contributed by atoms with E-state index < -0.39 is 5.97 Å². The normalized spacial score (nSPS) is 13.3. The smallest absolute Gasteiger partial charge is 0.344 e. The summed E-state index contributed by atoms with van der Waals surface area (Å²) >= 11 is 0. The number of carbonyl (C=O) groups is 1. The van der Waals surface area contributed by atoms with Gasteiger partial charge in [-0.15, -0.1) is 0 Å². The Morgan fingerprint density at radius 2 is 2.00 bits per heavy atom. The highest BCUT2D eigenvalue weighted by Gasteiger charge is 2.27. The lowest BCUT2D eigenvalue weighted by atomic mass is 10.1. The van der Waals surface area contributed by atoms with E-state index >= 15 is 0 Å². The summed E-state index contributed by atoms with van der Waals surface area (Å²) in [6.07, 6.45) is 0. The predicted octanol–water partition coefficient (Wildman–Crippen LogP) is 3.62. The molecule has 0 unspecified atom stereocenters. The lowest BCUT2D eigenvalue weighted by Gasteiger charge is -2.14. The highest BCUT2D eigenvalue weighted by molar-refractivity contribution is 5.71. The average molecular weight is 409 g/mol. The first kappa shape index (κ1) is 20.1. The third kappa shape index (κ3) is 4.21. The lowest BCUT2D eigenvalue weighted by Crippen LogP contribution is -2.15. The first-order valence-electron chi connectivity index (χ1n) is 9.94. The van der Waals surface area contributed by atoms with Crippen LogP contribution < -0.4 is 4.74 Å². The van der Waals surface area contributed by atoms with Crippen molar-refractivity contribution in [3.63, 3.8) is 0 Å². The number of carbonyl (C=O) groups excluding carboxylic acids is 1. The van der Waals surface area contributed by atoms with Gasteiger partial charge >= 0.3 is 5.97 Å². The van der Waals surface area contributed by atoms with E-state index in [2.05, 4.69) is 4.90 Å². The topological polar surface area (TPSA) is 56.6 Å². The maximum atomic E-state index is 14.6. The molecule has 1 aliphatic rings. The molecule has 7 heteroatoms. The molecule has 0 N–H and O–H groups in total. The van der Waals surface area contributed by atoms with Crippen molar-refractivity contribution in [2.45, 2.75) is 26.6 Å². The number of esters is 1. The van der Waals surface area contributed by atoms with E-state index in [-0.39, 0.29) is 12.4 Å². The summed E-state index contributed by atoms with van der Waals surface area (Å²) in [6, 6.07) is 14.3. The summed E-state index contributed by atoms with van der Waals surface area (Å²) in [5.41, 5.74) is 4.35. The number of hydrogen-bond acceptors (Lipinski definition) is 5. The molecule has 1 aliphatic heterocycles. The predicted molar refractivity (Wildman–Crippen MR) is 110 cm³/mol. The monoisotopic (exact) mass is 409 g/mol. The number of ether oxygens (including phenoxy) is 2. The molecule has 0 spiro atoms. The van der Waals surface area contributed by atoms with Gasteiger partial charge in [-0.05, 0) is 43.8 Å². The lowest BCUT2D eigenvalue weighted by molar-refractivity contribution is -0.145. The molecule has 6 nitrogen and oxygen atoms in total. The van der Waals surface area contributed by atoms with Crippen molar-refractivity contribution in [3.8, 4) is 17.0 Å². The Bertz CT molecular complexity index is 1060. The summed E-state index contributed by atoms with van der Waals surface area (Å²) in [6.45, 7) is 3.89. The summed E-state index contributed by atoms with van der Waals surface area (Å²) in [5, 5.41) is 4.78. The van der Waals surface area contributed by atoms with Crippen molar-refractivity contribution in [3.05, 3.63) is 71.2 Å². The zero-order valence-electron chi connectivity index (χ0n) is 17.1. The van der Waals surface area contributed by atoms with Crippen LogP contribution in [0.15, 0.2) is 48.5 Å². The van der Waals surface area contributed by atoms with Crippen LogP contribution in [0.2, 0.25) is 0 Å². The zero-order valence-corrected chi connectivity index (χ0v) is 17.1. The SMILES string of the molecule is CCOC(=O)COc1cccc(Cn2nc3c(c2-c2ccccc2F)CN(C)C3)c1. The fourth-order valence-corrected chi connectivity index (χ4v) is 3.74. The van der Waals surface area contributed by atoms with Crippen molar-refractivity contribution >= 4 is 5.97 Å². The van der Waals surface area contributed by atoms with Gasteiger partial charge in [-0.25, -0.2) is 9.18 Å². The summed E-state index contributed by atoms with van der Waals surface area (Å²) in [4.78, 5) is 13.7. The van der Waals surface area contributed by atoms with Crippen LogP contribution in [0.5, 0.6) is 5.75 Å². The van der Waals surface area contributed by atoms with Gasteiger partial charge in [0.2, 0.25) is 0 Å². The molecule has 3 aromatic rings. The third-order valence-electron chi connectivity index (χ3n) is 5.00. The average Bonchev–Trinajstić information content (AvgIpc) is 3.23. The second-order valence-corrected chi connectivity index (χ2v) is 7.32. The van der Waals surface area contributed by atoms with Crippen molar-refractivity contribution in [2.75, 3.05) is 20.3 Å². The van der Waals surface area contributed by atoms with Crippen LogP contribution in [0.4, 0.5) is 4.39 Å². The van der Waals surface area contributed by atoms with Gasteiger partial charge in [0, 0.05) is 24.2 Å². The van der Waals surface area contributed by atoms with E-state index in [0.29, 0.717) is 24.5 Å². The van der Waals surface area contributed by atoms with Crippen LogP contribution in [-0.4, -0.2) is 40.9 Å². The van der Waals surface area contributed by atoms with E-state index in [0.717, 1.165) is 35.6 Å². The van der Waals surface area contributed by atoms with E-state index in [1.165, 1.54) is 6.07 Å². The number of nitrogens with zero attached hydrogens (tertiary/aromatic N) is 3. The molecule has 1 aromatic heterocycles. The molecule has 0 atom stereocenters. The van der Waals surface area contributed by atoms with Crippen LogP contribution in [0.25, 0.3) is 11.3 Å². The summed E-state index contributed by atoms with van der Waals surface area (Å²) in [5.74, 6) is -0.0905. The number of halogens is 1. The molecule has 30 heavy (non-hydrogen) atoms. The van der Waals surface area contributed by atoms with Crippen LogP contribution in [0.1, 0.15) is 23.7 Å². The number of fused-ring (bicyclic) bond motifs is 1. The molecule has 0 amide bonds. The maximum absolute atomic E-state index is 14.6. The van der Waals surface area contributed by atoms with Crippen molar-refractivity contribution < 1.29 is 18.7 Å². The minimum Gasteiger partial charge on any atom is -0.482 e. The van der Waals surface area contributed by atoms with Crippen LogP contribution in [0.3, 0.4) is 0 Å². The van der Waals surface area contributed by atoms with Gasteiger partial charge in [-0.2, -0.15) is 5.10 Å². The maximum Gasteiger partial charge on any atom is 0.344 e. The zero-order chi connectivity index (χ0) is 21.1.